The fourth-order valence-corrected chi connectivity index (χ4v) is 4.64. The molecule has 0 N–H and O–H groups in total. The maximum Gasteiger partial charge on any atom is 0.131 e. The Balaban J connectivity index is 1.84. The molecular weight excluding hydrogens is 410 g/mol. The summed E-state index contributed by atoms with van der Waals surface area (Å²) >= 11 is 0. The fourth-order valence-electron chi connectivity index (χ4n) is 4.33. The minimum Gasteiger partial charge on any atom is -0.206 e. The van der Waals surface area contributed by atoms with Crippen molar-refractivity contribution in [3.8, 4) is 22.3 Å². The van der Waals surface area contributed by atoms with Crippen LogP contribution in [0.1, 0.15) is 69.1 Å². The van der Waals surface area contributed by atoms with Crippen LogP contribution in [0.3, 0.4) is 0 Å². The van der Waals surface area contributed by atoms with Gasteiger partial charge in [0.2, 0.25) is 0 Å². The van der Waals surface area contributed by atoms with Crippen LogP contribution >= 0.6 is 9.24 Å². The van der Waals surface area contributed by atoms with E-state index < -0.39 is 0 Å². The molecule has 0 bridgehead atoms. The highest BCUT2D eigenvalue weighted by molar-refractivity contribution is 7.16. The summed E-state index contributed by atoms with van der Waals surface area (Å²) in [5.41, 5.74) is 7.71. The number of benzene rings is 3. The molecule has 0 saturated heterocycles. The summed E-state index contributed by atoms with van der Waals surface area (Å²) in [6.07, 6.45) is 11.5. The van der Waals surface area contributed by atoms with Crippen LogP contribution < -0.4 is 0 Å². The highest BCUT2D eigenvalue weighted by Gasteiger charge is 2.13. The van der Waals surface area contributed by atoms with Gasteiger partial charge in [-0.3, -0.25) is 0 Å². The van der Waals surface area contributed by atoms with Gasteiger partial charge in [0.15, 0.2) is 0 Å². The highest BCUT2D eigenvalue weighted by Crippen LogP contribution is 2.33. The number of rotatable bonds is 12. The Hall–Kier alpha value is -1.98. The zero-order chi connectivity index (χ0) is 22.8. The molecular formula is C30H38FP. The minimum atomic E-state index is -0.140. The van der Waals surface area contributed by atoms with Gasteiger partial charge in [-0.15, -0.1) is 9.24 Å². The normalized spacial score (nSPS) is 11.1. The summed E-state index contributed by atoms with van der Waals surface area (Å²) in [7, 11) is 2.81. The molecule has 0 fully saturated rings. The van der Waals surface area contributed by atoms with Crippen LogP contribution in [0, 0.1) is 5.82 Å². The van der Waals surface area contributed by atoms with Crippen molar-refractivity contribution in [1.29, 1.82) is 0 Å². The first kappa shape index (κ1) is 24.7. The third-order valence-corrected chi connectivity index (χ3v) is 6.56. The van der Waals surface area contributed by atoms with E-state index in [2.05, 4.69) is 77.7 Å². The van der Waals surface area contributed by atoms with Crippen molar-refractivity contribution in [2.45, 2.75) is 71.6 Å². The lowest BCUT2D eigenvalue weighted by Crippen LogP contribution is -1.97. The quantitative estimate of drug-likeness (QED) is 0.191. The second-order valence-electron chi connectivity index (χ2n) is 8.84. The smallest absolute Gasteiger partial charge is 0.131 e. The second kappa shape index (κ2) is 12.9. The Bertz CT molecular complexity index is 957. The van der Waals surface area contributed by atoms with Gasteiger partial charge < -0.3 is 0 Å². The molecule has 0 heterocycles. The van der Waals surface area contributed by atoms with Crippen LogP contribution in [-0.4, -0.2) is 6.16 Å². The van der Waals surface area contributed by atoms with Gasteiger partial charge in [-0.2, -0.15) is 0 Å². The van der Waals surface area contributed by atoms with Gasteiger partial charge in [0.1, 0.15) is 5.82 Å². The Labute approximate surface area is 196 Å². The van der Waals surface area contributed by atoms with Crippen LogP contribution in [0.15, 0.2) is 60.7 Å². The van der Waals surface area contributed by atoms with Crippen molar-refractivity contribution in [1.82, 2.24) is 0 Å². The molecule has 0 aliphatic heterocycles. The largest absolute Gasteiger partial charge is 0.206 e. The van der Waals surface area contributed by atoms with Crippen LogP contribution in [0.2, 0.25) is 0 Å². The average molecular weight is 449 g/mol. The van der Waals surface area contributed by atoms with Crippen LogP contribution in [0.25, 0.3) is 22.3 Å². The van der Waals surface area contributed by atoms with E-state index in [0.29, 0.717) is 5.56 Å². The van der Waals surface area contributed by atoms with Crippen LogP contribution in [0.4, 0.5) is 4.39 Å². The summed E-state index contributed by atoms with van der Waals surface area (Å²) in [4.78, 5) is 0. The third-order valence-electron chi connectivity index (χ3n) is 6.27. The van der Waals surface area contributed by atoms with Gasteiger partial charge in [0, 0.05) is 5.56 Å². The molecule has 0 spiro atoms. The van der Waals surface area contributed by atoms with Crippen LogP contribution in [-0.2, 0) is 19.3 Å². The molecule has 0 aromatic heterocycles. The fraction of sp³-hybridized carbons (Fsp3) is 0.400. The lowest BCUT2D eigenvalue weighted by atomic mass is 9.92. The zero-order valence-corrected chi connectivity index (χ0v) is 21.0. The summed E-state index contributed by atoms with van der Waals surface area (Å²) < 4.78 is 15.3. The maximum atomic E-state index is 15.3. The molecule has 0 aliphatic carbocycles. The van der Waals surface area contributed by atoms with Crippen molar-refractivity contribution in [2.75, 3.05) is 6.16 Å². The number of hydrogen-bond acceptors (Lipinski definition) is 0. The second-order valence-corrected chi connectivity index (χ2v) is 9.41. The molecule has 0 radical (unpaired) electrons. The summed E-state index contributed by atoms with van der Waals surface area (Å²) in [5.74, 6) is -0.140. The molecule has 1 atom stereocenters. The van der Waals surface area contributed by atoms with Gasteiger partial charge in [0.05, 0.1) is 0 Å². The molecule has 1 unspecified atom stereocenters. The topological polar surface area (TPSA) is 0 Å². The standard InChI is InChI=1S/C30H38FP/c1-3-5-7-9-23-11-15-25(16-12-23)28-22-30(31)29(21-27(28)19-20-32)26-17-13-24(14-18-26)10-8-6-4-2/h11-18,21-22H,3-10,19-20,32H2,1-2H3. The van der Waals surface area contributed by atoms with Gasteiger partial charge in [0.25, 0.3) is 0 Å². The Kier molecular flexibility index (Phi) is 9.94. The lowest BCUT2D eigenvalue weighted by molar-refractivity contribution is 0.631. The summed E-state index contributed by atoms with van der Waals surface area (Å²) in [6.45, 7) is 4.46. The number of unbranched alkanes of at least 4 members (excludes halogenated alkanes) is 4. The molecule has 32 heavy (non-hydrogen) atoms. The number of aryl methyl sites for hydroxylation is 3. The van der Waals surface area contributed by atoms with E-state index in [1.807, 2.05) is 0 Å². The first-order valence-corrected chi connectivity index (χ1v) is 13.2. The molecule has 0 saturated carbocycles. The minimum absolute atomic E-state index is 0.140. The van der Waals surface area contributed by atoms with E-state index in [9.17, 15) is 0 Å². The van der Waals surface area contributed by atoms with E-state index in [-0.39, 0.29) is 5.82 Å². The van der Waals surface area contributed by atoms with Crippen molar-refractivity contribution in [3.63, 3.8) is 0 Å². The van der Waals surface area contributed by atoms with Crippen molar-refractivity contribution in [3.05, 3.63) is 83.2 Å². The average Bonchev–Trinajstić information content (AvgIpc) is 2.81. The summed E-state index contributed by atoms with van der Waals surface area (Å²) in [5, 5.41) is 0. The SMILES string of the molecule is CCCCCc1ccc(-c2cc(CCP)c(-c3ccc(CCCCC)cc3)cc2F)cc1. The van der Waals surface area contributed by atoms with E-state index in [1.165, 1.54) is 55.2 Å². The molecule has 3 aromatic carbocycles. The zero-order valence-electron chi connectivity index (χ0n) is 19.8. The number of halogens is 1. The van der Waals surface area contributed by atoms with E-state index in [0.717, 1.165) is 42.1 Å². The van der Waals surface area contributed by atoms with Crippen LogP contribution in [0.5, 0.6) is 0 Å². The molecule has 0 aliphatic rings. The monoisotopic (exact) mass is 448 g/mol. The Morgan fingerprint density at radius 1 is 0.625 bits per heavy atom. The molecule has 0 amide bonds. The third kappa shape index (κ3) is 6.76. The van der Waals surface area contributed by atoms with Crippen molar-refractivity contribution >= 4 is 9.24 Å². The number of hydrogen-bond donors (Lipinski definition) is 0. The van der Waals surface area contributed by atoms with E-state index >= 15 is 4.39 Å². The Morgan fingerprint density at radius 3 is 1.59 bits per heavy atom. The molecule has 170 valence electrons. The molecule has 0 nitrogen and oxygen atoms in total. The van der Waals surface area contributed by atoms with E-state index in [1.54, 1.807) is 6.07 Å². The van der Waals surface area contributed by atoms with Gasteiger partial charge >= 0.3 is 0 Å². The predicted octanol–water partition coefficient (Wildman–Crippen LogP) is 9.04. The maximum absolute atomic E-state index is 15.3. The van der Waals surface area contributed by atoms with Gasteiger partial charge in [-0.05, 0) is 83.8 Å². The molecule has 2 heteroatoms. The van der Waals surface area contributed by atoms with E-state index in [4.69, 9.17) is 0 Å². The Morgan fingerprint density at radius 2 is 1.12 bits per heavy atom. The van der Waals surface area contributed by atoms with Crippen molar-refractivity contribution in [2.24, 2.45) is 0 Å². The predicted molar refractivity (Wildman–Crippen MR) is 142 cm³/mol. The molecule has 3 aromatic rings. The first-order valence-electron chi connectivity index (χ1n) is 12.4. The van der Waals surface area contributed by atoms with Gasteiger partial charge in [-0.25, -0.2) is 4.39 Å². The highest BCUT2D eigenvalue weighted by atomic mass is 31.0. The lowest BCUT2D eigenvalue weighted by Gasteiger charge is -2.14. The van der Waals surface area contributed by atoms with Crippen molar-refractivity contribution < 1.29 is 4.39 Å². The molecule has 3 rings (SSSR count). The summed E-state index contributed by atoms with van der Waals surface area (Å²) in [6, 6.07) is 21.0. The van der Waals surface area contributed by atoms with Gasteiger partial charge in [-0.1, -0.05) is 88.1 Å². The first-order chi connectivity index (χ1) is 15.7.